The van der Waals surface area contributed by atoms with E-state index in [2.05, 4.69) is 10.6 Å². The van der Waals surface area contributed by atoms with Crippen molar-refractivity contribution in [1.82, 2.24) is 5.32 Å². The second-order valence-electron chi connectivity index (χ2n) is 6.89. The molecule has 0 saturated carbocycles. The summed E-state index contributed by atoms with van der Waals surface area (Å²) in [6, 6.07) is 19.4. The summed E-state index contributed by atoms with van der Waals surface area (Å²) in [4.78, 5) is 37.5. The summed E-state index contributed by atoms with van der Waals surface area (Å²) in [5.41, 5.74) is 2.33. The second-order valence-corrected chi connectivity index (χ2v) is 7.84. The van der Waals surface area contributed by atoms with Crippen LogP contribution in [0, 0.1) is 0 Å². The van der Waals surface area contributed by atoms with Gasteiger partial charge in [0.05, 0.1) is 11.5 Å². The van der Waals surface area contributed by atoms with Crippen molar-refractivity contribution in [2.75, 3.05) is 11.9 Å². The highest BCUT2D eigenvalue weighted by molar-refractivity contribution is 7.12. The van der Waals surface area contributed by atoms with Crippen LogP contribution in [0.5, 0.6) is 0 Å². The van der Waals surface area contributed by atoms with Crippen LogP contribution in [0.25, 0.3) is 6.08 Å². The van der Waals surface area contributed by atoms with E-state index < -0.39 is 12.0 Å². The minimum Gasteiger partial charge on any atom is -0.463 e. The van der Waals surface area contributed by atoms with Gasteiger partial charge in [0.15, 0.2) is 0 Å². The number of thiophene rings is 1. The van der Waals surface area contributed by atoms with Gasteiger partial charge in [0.1, 0.15) is 6.04 Å². The highest BCUT2D eigenvalue weighted by Crippen LogP contribution is 2.14. The zero-order valence-electron chi connectivity index (χ0n) is 17.6. The molecule has 0 saturated heterocycles. The molecule has 7 heteroatoms. The Kier molecular flexibility index (Phi) is 8.34. The molecule has 0 aliphatic carbocycles. The average Bonchev–Trinajstić information content (AvgIpc) is 3.34. The maximum Gasteiger partial charge on any atom is 0.330 e. The van der Waals surface area contributed by atoms with E-state index in [9.17, 15) is 14.4 Å². The summed E-state index contributed by atoms with van der Waals surface area (Å²) in [6.45, 7) is 2.07. The Bertz CT molecular complexity index is 1060. The zero-order valence-corrected chi connectivity index (χ0v) is 18.4. The number of nitrogens with one attached hydrogen (secondary N) is 2. The molecule has 3 rings (SSSR count). The molecular weight excluding hydrogens is 424 g/mol. The topological polar surface area (TPSA) is 84.5 Å². The molecule has 6 nitrogen and oxygen atoms in total. The van der Waals surface area contributed by atoms with Crippen LogP contribution >= 0.6 is 11.3 Å². The number of benzene rings is 2. The van der Waals surface area contributed by atoms with Crippen molar-refractivity contribution in [3.05, 3.63) is 94.2 Å². The van der Waals surface area contributed by atoms with Gasteiger partial charge in [-0.3, -0.25) is 9.59 Å². The van der Waals surface area contributed by atoms with Crippen molar-refractivity contribution < 1.29 is 19.1 Å². The van der Waals surface area contributed by atoms with Crippen LogP contribution in [0.15, 0.2) is 78.2 Å². The van der Waals surface area contributed by atoms with Crippen LogP contribution in [0.1, 0.15) is 27.7 Å². The van der Waals surface area contributed by atoms with Gasteiger partial charge >= 0.3 is 5.97 Å². The maximum atomic E-state index is 13.0. The Hall–Kier alpha value is -3.71. The van der Waals surface area contributed by atoms with Gasteiger partial charge in [-0.2, -0.15) is 0 Å². The van der Waals surface area contributed by atoms with Gasteiger partial charge in [-0.25, -0.2) is 4.79 Å². The molecule has 1 heterocycles. The molecule has 2 aromatic carbocycles. The third-order valence-electron chi connectivity index (χ3n) is 4.53. The first-order valence-corrected chi connectivity index (χ1v) is 11.1. The summed E-state index contributed by atoms with van der Waals surface area (Å²) < 4.78 is 4.86. The standard InChI is InChI=1S/C25H24N2O4S/c1-2-31-23(28)15-12-18-10-13-20(14-11-18)26-24(29)21(17-19-7-4-3-5-8-19)27-25(30)22-9-6-16-32-22/h3-16,21H,2,17H2,1H3,(H,26,29)(H,27,30)/b15-12+/t21-/m0/s1. The molecule has 0 radical (unpaired) electrons. The van der Waals surface area contributed by atoms with E-state index in [4.69, 9.17) is 4.74 Å². The quantitative estimate of drug-likeness (QED) is 0.378. The average molecular weight is 449 g/mol. The van der Waals surface area contributed by atoms with Crippen molar-refractivity contribution in [3.8, 4) is 0 Å². The van der Waals surface area contributed by atoms with Crippen LogP contribution in [0.3, 0.4) is 0 Å². The van der Waals surface area contributed by atoms with E-state index >= 15 is 0 Å². The Morgan fingerprint density at radius 2 is 1.75 bits per heavy atom. The number of ether oxygens (including phenoxy) is 1. The summed E-state index contributed by atoms with van der Waals surface area (Å²) >= 11 is 1.32. The van der Waals surface area contributed by atoms with Gasteiger partial charge in [-0.1, -0.05) is 48.5 Å². The summed E-state index contributed by atoms with van der Waals surface area (Å²) in [6.07, 6.45) is 3.36. The number of esters is 1. The number of anilines is 1. The van der Waals surface area contributed by atoms with Crippen LogP contribution in [-0.2, 0) is 20.7 Å². The molecule has 1 aromatic heterocycles. The third kappa shape index (κ3) is 6.92. The van der Waals surface area contributed by atoms with E-state index in [-0.39, 0.29) is 11.8 Å². The van der Waals surface area contributed by atoms with Gasteiger partial charge < -0.3 is 15.4 Å². The van der Waals surface area contributed by atoms with E-state index in [0.717, 1.165) is 11.1 Å². The zero-order chi connectivity index (χ0) is 22.8. The van der Waals surface area contributed by atoms with Gasteiger partial charge in [0, 0.05) is 18.2 Å². The molecule has 0 unspecified atom stereocenters. The number of hydrogen-bond acceptors (Lipinski definition) is 5. The lowest BCUT2D eigenvalue weighted by molar-refractivity contribution is -0.137. The molecule has 0 spiro atoms. The lowest BCUT2D eigenvalue weighted by Gasteiger charge is -2.18. The van der Waals surface area contributed by atoms with Gasteiger partial charge in [0.25, 0.3) is 5.91 Å². The van der Waals surface area contributed by atoms with E-state index in [1.807, 2.05) is 35.7 Å². The number of carbonyl (C=O) groups excluding carboxylic acids is 3. The monoisotopic (exact) mass is 448 g/mol. The van der Waals surface area contributed by atoms with Crippen LogP contribution < -0.4 is 10.6 Å². The fourth-order valence-corrected chi connectivity index (χ4v) is 3.58. The molecule has 164 valence electrons. The molecule has 2 N–H and O–H groups in total. The molecular formula is C25H24N2O4S. The molecule has 32 heavy (non-hydrogen) atoms. The first-order chi connectivity index (χ1) is 15.5. The lowest BCUT2D eigenvalue weighted by atomic mass is 10.0. The van der Waals surface area contributed by atoms with Gasteiger partial charge in [0.2, 0.25) is 5.91 Å². The SMILES string of the molecule is CCOC(=O)/C=C/c1ccc(NC(=O)[C@H](Cc2ccccc2)NC(=O)c2cccs2)cc1. The molecule has 2 amide bonds. The first kappa shape index (κ1) is 23.0. The lowest BCUT2D eigenvalue weighted by Crippen LogP contribution is -2.45. The molecule has 0 aliphatic heterocycles. The largest absolute Gasteiger partial charge is 0.463 e. The summed E-state index contributed by atoms with van der Waals surface area (Å²) in [5, 5.41) is 7.52. The number of hydrogen-bond donors (Lipinski definition) is 2. The van der Waals surface area contributed by atoms with E-state index in [1.165, 1.54) is 17.4 Å². The van der Waals surface area contributed by atoms with Crippen molar-refractivity contribution in [2.45, 2.75) is 19.4 Å². The molecule has 0 fully saturated rings. The Balaban J connectivity index is 1.68. The maximum absolute atomic E-state index is 13.0. The van der Waals surface area contributed by atoms with E-state index in [1.54, 1.807) is 49.4 Å². The van der Waals surface area contributed by atoms with Crippen molar-refractivity contribution in [1.29, 1.82) is 0 Å². The smallest absolute Gasteiger partial charge is 0.330 e. The molecule has 0 aliphatic rings. The highest BCUT2D eigenvalue weighted by Gasteiger charge is 2.22. The number of amides is 2. The highest BCUT2D eigenvalue weighted by atomic mass is 32.1. The van der Waals surface area contributed by atoms with Crippen molar-refractivity contribution in [2.24, 2.45) is 0 Å². The number of rotatable bonds is 9. The van der Waals surface area contributed by atoms with Gasteiger partial charge in [-0.05, 0) is 47.7 Å². The minimum absolute atomic E-state index is 0.282. The van der Waals surface area contributed by atoms with Crippen LogP contribution in [0.2, 0.25) is 0 Å². The predicted molar refractivity (Wildman–Crippen MR) is 126 cm³/mol. The third-order valence-corrected chi connectivity index (χ3v) is 5.39. The van der Waals surface area contributed by atoms with E-state index in [0.29, 0.717) is 23.6 Å². The fraction of sp³-hybridized carbons (Fsp3) is 0.160. The van der Waals surface area contributed by atoms with Crippen molar-refractivity contribution >= 4 is 40.9 Å². The van der Waals surface area contributed by atoms with Crippen LogP contribution in [-0.4, -0.2) is 30.4 Å². The normalized spacial score (nSPS) is 11.7. The first-order valence-electron chi connectivity index (χ1n) is 10.2. The predicted octanol–water partition coefficient (Wildman–Crippen LogP) is 4.30. The fourth-order valence-electron chi connectivity index (χ4n) is 2.96. The van der Waals surface area contributed by atoms with Crippen LogP contribution in [0.4, 0.5) is 5.69 Å². The summed E-state index contributed by atoms with van der Waals surface area (Å²) in [5.74, 6) is -1.00. The minimum atomic E-state index is -0.740. The summed E-state index contributed by atoms with van der Waals surface area (Å²) in [7, 11) is 0. The Labute approximate surface area is 190 Å². The van der Waals surface area contributed by atoms with Crippen molar-refractivity contribution in [3.63, 3.8) is 0 Å². The van der Waals surface area contributed by atoms with Gasteiger partial charge in [-0.15, -0.1) is 11.3 Å². The molecule has 1 atom stereocenters. The Morgan fingerprint density at radius 3 is 2.41 bits per heavy atom. The molecule has 0 bridgehead atoms. The Morgan fingerprint density at radius 1 is 1.00 bits per heavy atom. The molecule has 3 aromatic rings. The number of carbonyl (C=O) groups is 3. The second kappa shape index (κ2) is 11.6.